The van der Waals surface area contributed by atoms with Crippen molar-refractivity contribution in [2.24, 2.45) is 5.73 Å². The van der Waals surface area contributed by atoms with Gasteiger partial charge in [-0.3, -0.25) is 0 Å². The van der Waals surface area contributed by atoms with E-state index in [0.29, 0.717) is 6.54 Å². The van der Waals surface area contributed by atoms with E-state index in [0.717, 1.165) is 4.88 Å². The zero-order valence-corrected chi connectivity index (χ0v) is 10.7. The van der Waals surface area contributed by atoms with E-state index in [4.69, 9.17) is 5.73 Å². The molecule has 15 heavy (non-hydrogen) atoms. The predicted molar refractivity (Wildman–Crippen MR) is 66.4 cm³/mol. The van der Waals surface area contributed by atoms with E-state index in [1.165, 1.54) is 22.7 Å². The number of sulfonamides is 1. The molecule has 0 radical (unpaired) electrons. The van der Waals surface area contributed by atoms with Crippen LogP contribution in [-0.4, -0.2) is 30.5 Å². The number of nitrogens with two attached hydrogens (primary N) is 1. The van der Waals surface area contributed by atoms with Crippen molar-refractivity contribution in [1.82, 2.24) is 4.31 Å². The van der Waals surface area contributed by atoms with Crippen molar-refractivity contribution in [1.29, 1.82) is 0 Å². The largest absolute Gasteiger partial charge is 0.392 e. The van der Waals surface area contributed by atoms with Crippen LogP contribution in [0.4, 0.5) is 0 Å². The molecule has 0 aliphatic rings. The van der Waals surface area contributed by atoms with Crippen molar-refractivity contribution in [3.05, 3.63) is 22.4 Å². The van der Waals surface area contributed by atoms with Crippen LogP contribution in [-0.2, 0) is 16.6 Å². The van der Waals surface area contributed by atoms with Gasteiger partial charge in [-0.2, -0.15) is 4.31 Å². The molecule has 0 amide bonds. The maximum Gasteiger partial charge on any atom is 0.220 e. The van der Waals surface area contributed by atoms with Crippen molar-refractivity contribution >= 4 is 38.6 Å². The molecule has 0 aliphatic carbocycles. The molecule has 1 heterocycles. The van der Waals surface area contributed by atoms with Gasteiger partial charge in [-0.15, -0.1) is 11.3 Å². The Hall–Kier alpha value is -0.500. The monoisotopic (exact) mass is 264 g/mol. The summed E-state index contributed by atoms with van der Waals surface area (Å²) in [4.78, 5) is 0.983. The second kappa shape index (κ2) is 5.02. The molecule has 2 N–H and O–H groups in total. The Labute approximate surface area is 98.8 Å². The predicted octanol–water partition coefficient (Wildman–Crippen LogP) is 0.796. The quantitative estimate of drug-likeness (QED) is 0.799. The van der Waals surface area contributed by atoms with Gasteiger partial charge < -0.3 is 5.73 Å². The molecule has 1 aromatic rings. The van der Waals surface area contributed by atoms with Crippen molar-refractivity contribution in [2.45, 2.75) is 6.54 Å². The van der Waals surface area contributed by atoms with Gasteiger partial charge in [-0.25, -0.2) is 8.42 Å². The Kier molecular flexibility index (Phi) is 4.21. The Balaban J connectivity index is 2.68. The maximum absolute atomic E-state index is 11.6. The van der Waals surface area contributed by atoms with Gasteiger partial charge in [0.05, 0.1) is 4.99 Å². The SMILES string of the molecule is CN(Cc1cccs1)S(=O)(=O)CC(N)=S. The fourth-order valence-electron chi connectivity index (χ4n) is 1.01. The van der Waals surface area contributed by atoms with Crippen molar-refractivity contribution in [2.75, 3.05) is 12.8 Å². The molecule has 0 bridgehead atoms. The molecule has 0 aromatic carbocycles. The van der Waals surface area contributed by atoms with Crippen LogP contribution in [0.5, 0.6) is 0 Å². The topological polar surface area (TPSA) is 63.4 Å². The molecule has 0 unspecified atom stereocenters. The molecule has 0 atom stereocenters. The average molecular weight is 264 g/mol. The molecule has 0 spiro atoms. The van der Waals surface area contributed by atoms with Crippen LogP contribution in [0, 0.1) is 0 Å². The number of hydrogen-bond donors (Lipinski definition) is 1. The highest BCUT2D eigenvalue weighted by molar-refractivity contribution is 7.92. The maximum atomic E-state index is 11.6. The molecule has 1 aromatic heterocycles. The number of thiocarbonyl (C=S) groups is 1. The normalized spacial score (nSPS) is 11.9. The lowest BCUT2D eigenvalue weighted by Gasteiger charge is -2.15. The van der Waals surface area contributed by atoms with Gasteiger partial charge >= 0.3 is 0 Å². The van der Waals surface area contributed by atoms with Crippen LogP contribution in [0.25, 0.3) is 0 Å². The van der Waals surface area contributed by atoms with E-state index in [-0.39, 0.29) is 10.7 Å². The minimum Gasteiger partial charge on any atom is -0.392 e. The van der Waals surface area contributed by atoms with Gasteiger partial charge in [0.1, 0.15) is 5.75 Å². The summed E-state index contributed by atoms with van der Waals surface area (Å²) in [5.41, 5.74) is 5.22. The molecule has 0 fully saturated rings. The van der Waals surface area contributed by atoms with Crippen molar-refractivity contribution < 1.29 is 8.42 Å². The van der Waals surface area contributed by atoms with E-state index in [1.807, 2.05) is 17.5 Å². The molecule has 84 valence electrons. The molecule has 1 rings (SSSR count). The molecule has 7 heteroatoms. The summed E-state index contributed by atoms with van der Waals surface area (Å²) in [6.45, 7) is 0.364. The van der Waals surface area contributed by atoms with Gasteiger partial charge in [-0.05, 0) is 11.4 Å². The van der Waals surface area contributed by atoms with E-state index in [2.05, 4.69) is 12.2 Å². The second-order valence-electron chi connectivity index (χ2n) is 3.06. The van der Waals surface area contributed by atoms with Gasteiger partial charge in [0.15, 0.2) is 0 Å². The first kappa shape index (κ1) is 12.6. The number of rotatable bonds is 5. The molecule has 0 aliphatic heterocycles. The zero-order chi connectivity index (χ0) is 11.5. The van der Waals surface area contributed by atoms with Crippen LogP contribution in [0.1, 0.15) is 4.88 Å². The summed E-state index contributed by atoms with van der Waals surface area (Å²) in [7, 11) is -1.84. The standard InChI is InChI=1S/C8H12N2O2S3/c1-10(5-7-3-2-4-14-7)15(11,12)6-8(9)13/h2-4H,5-6H2,1H3,(H2,9,13). The third kappa shape index (κ3) is 3.86. The first-order valence-corrected chi connectivity index (χ1v) is 7.06. The van der Waals surface area contributed by atoms with E-state index >= 15 is 0 Å². The summed E-state index contributed by atoms with van der Waals surface area (Å²) >= 11 is 6.10. The summed E-state index contributed by atoms with van der Waals surface area (Å²) < 4.78 is 24.5. The van der Waals surface area contributed by atoms with Crippen LogP contribution in [0.3, 0.4) is 0 Å². The Morgan fingerprint density at radius 3 is 2.80 bits per heavy atom. The lowest BCUT2D eigenvalue weighted by Crippen LogP contribution is -2.33. The third-order valence-corrected chi connectivity index (χ3v) is 4.70. The Morgan fingerprint density at radius 1 is 1.67 bits per heavy atom. The minimum absolute atomic E-state index is 0.00645. The Morgan fingerprint density at radius 2 is 2.33 bits per heavy atom. The van der Waals surface area contributed by atoms with Crippen molar-refractivity contribution in [3.8, 4) is 0 Å². The highest BCUT2D eigenvalue weighted by Gasteiger charge is 2.19. The first-order valence-electron chi connectivity index (χ1n) is 4.16. The summed E-state index contributed by atoms with van der Waals surface area (Å²) in [5.74, 6) is -0.274. The summed E-state index contributed by atoms with van der Waals surface area (Å²) in [6.07, 6.45) is 0. The molecule has 0 saturated carbocycles. The smallest absolute Gasteiger partial charge is 0.220 e. The lowest BCUT2D eigenvalue weighted by molar-refractivity contribution is 0.473. The van der Waals surface area contributed by atoms with Gasteiger partial charge in [0.25, 0.3) is 0 Å². The summed E-state index contributed by atoms with van der Waals surface area (Å²) in [5, 5.41) is 1.91. The molecule has 4 nitrogen and oxygen atoms in total. The number of hydrogen-bond acceptors (Lipinski definition) is 4. The second-order valence-corrected chi connectivity index (χ2v) is 6.69. The molecule has 0 saturated heterocycles. The average Bonchev–Trinajstić information content (AvgIpc) is 2.54. The van der Waals surface area contributed by atoms with Crippen LogP contribution in [0.15, 0.2) is 17.5 Å². The third-order valence-electron chi connectivity index (χ3n) is 1.76. The molecular formula is C8H12N2O2S3. The van der Waals surface area contributed by atoms with Gasteiger partial charge in [-0.1, -0.05) is 18.3 Å². The zero-order valence-electron chi connectivity index (χ0n) is 8.21. The Bertz CT molecular complexity index is 425. The highest BCUT2D eigenvalue weighted by Crippen LogP contribution is 2.13. The van der Waals surface area contributed by atoms with Crippen LogP contribution >= 0.6 is 23.6 Å². The number of thiophene rings is 1. The van der Waals surface area contributed by atoms with E-state index < -0.39 is 10.0 Å². The fourth-order valence-corrected chi connectivity index (χ4v) is 3.21. The van der Waals surface area contributed by atoms with Crippen LogP contribution < -0.4 is 5.73 Å². The van der Waals surface area contributed by atoms with E-state index in [9.17, 15) is 8.42 Å². The van der Waals surface area contributed by atoms with Gasteiger partial charge in [0.2, 0.25) is 10.0 Å². The number of nitrogens with zero attached hydrogens (tertiary/aromatic N) is 1. The van der Waals surface area contributed by atoms with Crippen LogP contribution in [0.2, 0.25) is 0 Å². The summed E-state index contributed by atoms with van der Waals surface area (Å²) in [6, 6.07) is 3.77. The first-order chi connectivity index (χ1) is 6.92. The lowest BCUT2D eigenvalue weighted by atomic mass is 10.5. The fraction of sp³-hybridized carbons (Fsp3) is 0.375. The highest BCUT2D eigenvalue weighted by atomic mass is 32.2. The van der Waals surface area contributed by atoms with Gasteiger partial charge in [0, 0.05) is 18.5 Å². The van der Waals surface area contributed by atoms with E-state index in [1.54, 1.807) is 0 Å². The minimum atomic E-state index is -3.36. The molecular weight excluding hydrogens is 252 g/mol. The van der Waals surface area contributed by atoms with Crippen molar-refractivity contribution in [3.63, 3.8) is 0 Å².